The van der Waals surface area contributed by atoms with Crippen LogP contribution >= 0.6 is 0 Å². The first-order valence-electron chi connectivity index (χ1n) is 7.00. The van der Waals surface area contributed by atoms with Gasteiger partial charge in [-0.2, -0.15) is 0 Å². The highest BCUT2D eigenvalue weighted by Gasteiger charge is 2.44. The molecule has 4 rings (SSSR count). The van der Waals surface area contributed by atoms with Crippen molar-refractivity contribution >= 4 is 0 Å². The van der Waals surface area contributed by atoms with Gasteiger partial charge in [-0.1, -0.05) is 6.08 Å². The summed E-state index contributed by atoms with van der Waals surface area (Å²) in [5.41, 5.74) is 5.18. The van der Waals surface area contributed by atoms with Crippen LogP contribution in [0.15, 0.2) is 30.0 Å². The molecule has 0 saturated heterocycles. The Hall–Kier alpha value is -0.780. The third kappa shape index (κ3) is 2.27. The predicted molar refractivity (Wildman–Crippen MR) is 69.7 cm³/mol. The van der Waals surface area contributed by atoms with Crippen LogP contribution in [-0.2, 0) is 4.74 Å². The Morgan fingerprint density at radius 1 is 1.06 bits per heavy atom. The van der Waals surface area contributed by atoms with Gasteiger partial charge in [0, 0.05) is 0 Å². The Kier molecular flexibility index (Phi) is 3.22. The van der Waals surface area contributed by atoms with Crippen LogP contribution in [0.2, 0.25) is 0 Å². The molecule has 0 unspecified atom stereocenters. The quantitative estimate of drug-likeness (QED) is 0.406. The Balaban J connectivity index is 1.67. The predicted octanol–water partition coefficient (Wildman–Crippen LogP) is 3.73. The Labute approximate surface area is 104 Å². The zero-order valence-electron chi connectivity index (χ0n) is 10.5. The number of ether oxygens (including phenoxy) is 1. The molecule has 4 saturated carbocycles. The van der Waals surface area contributed by atoms with Crippen LogP contribution in [0.3, 0.4) is 0 Å². The molecule has 0 aromatic heterocycles. The second-order valence-corrected chi connectivity index (χ2v) is 5.93. The van der Waals surface area contributed by atoms with Gasteiger partial charge in [-0.15, -0.1) is 12.3 Å². The highest BCUT2D eigenvalue weighted by atomic mass is 16.5. The van der Waals surface area contributed by atoms with Gasteiger partial charge in [0.05, 0.1) is 13.2 Å². The number of hydrogen-bond donors (Lipinski definition) is 0. The first kappa shape index (κ1) is 11.3. The second-order valence-electron chi connectivity index (χ2n) is 5.93. The molecule has 17 heavy (non-hydrogen) atoms. The van der Waals surface area contributed by atoms with Crippen molar-refractivity contribution in [3.05, 3.63) is 30.0 Å². The maximum absolute atomic E-state index is 5.38. The smallest absolute Gasteiger partial charge is 0.0725 e. The standard InChI is InChI=1S/C16H22O/c1-2-5-17-6-3-4-16-14-8-12-7-13(10-14)11-15(16)9-12/h2-3,12-15H,1,5-11H2. The third-order valence-corrected chi connectivity index (χ3v) is 4.72. The molecule has 4 fully saturated rings. The molecular weight excluding hydrogens is 208 g/mol. The average molecular weight is 230 g/mol. The molecular formula is C16H22O. The van der Waals surface area contributed by atoms with Gasteiger partial charge < -0.3 is 4.74 Å². The summed E-state index contributed by atoms with van der Waals surface area (Å²) >= 11 is 0. The van der Waals surface area contributed by atoms with Crippen molar-refractivity contribution in [1.82, 2.24) is 0 Å². The van der Waals surface area contributed by atoms with Gasteiger partial charge in [0.25, 0.3) is 0 Å². The van der Waals surface area contributed by atoms with Gasteiger partial charge in [0.1, 0.15) is 0 Å². The van der Waals surface area contributed by atoms with Crippen molar-refractivity contribution in [3.8, 4) is 0 Å². The summed E-state index contributed by atoms with van der Waals surface area (Å²) in [7, 11) is 0. The van der Waals surface area contributed by atoms with Crippen molar-refractivity contribution in [1.29, 1.82) is 0 Å². The van der Waals surface area contributed by atoms with E-state index in [2.05, 4.69) is 18.4 Å². The molecule has 1 nitrogen and oxygen atoms in total. The Morgan fingerprint density at radius 3 is 2.29 bits per heavy atom. The van der Waals surface area contributed by atoms with Gasteiger partial charge >= 0.3 is 0 Å². The van der Waals surface area contributed by atoms with Crippen molar-refractivity contribution in [3.63, 3.8) is 0 Å². The van der Waals surface area contributed by atoms with Crippen LogP contribution in [-0.4, -0.2) is 13.2 Å². The lowest BCUT2D eigenvalue weighted by molar-refractivity contribution is 0.0699. The monoisotopic (exact) mass is 230 g/mol. The van der Waals surface area contributed by atoms with E-state index in [1.807, 2.05) is 0 Å². The lowest BCUT2D eigenvalue weighted by atomic mass is 9.54. The zero-order valence-corrected chi connectivity index (χ0v) is 10.5. The molecule has 0 aliphatic heterocycles. The summed E-state index contributed by atoms with van der Waals surface area (Å²) in [6.07, 6.45) is 11.2. The normalized spacial score (nSPS) is 38.0. The maximum Gasteiger partial charge on any atom is 0.0725 e. The molecule has 0 amide bonds. The van der Waals surface area contributed by atoms with Gasteiger partial charge in [0.15, 0.2) is 0 Å². The highest BCUT2D eigenvalue weighted by molar-refractivity contribution is 5.19. The van der Waals surface area contributed by atoms with Gasteiger partial charge in [-0.3, -0.25) is 0 Å². The molecule has 0 N–H and O–H groups in total. The fourth-order valence-electron chi connectivity index (χ4n) is 4.30. The maximum atomic E-state index is 5.38. The van der Waals surface area contributed by atoms with Crippen LogP contribution in [0, 0.1) is 23.7 Å². The van der Waals surface area contributed by atoms with Gasteiger partial charge in [-0.05, 0) is 67.4 Å². The van der Waals surface area contributed by atoms with E-state index in [0.717, 1.165) is 23.7 Å². The minimum Gasteiger partial charge on any atom is -0.373 e. The van der Waals surface area contributed by atoms with Crippen molar-refractivity contribution in [2.24, 2.45) is 23.7 Å². The molecule has 0 heterocycles. The van der Waals surface area contributed by atoms with E-state index in [4.69, 9.17) is 4.74 Å². The average Bonchev–Trinajstić information content (AvgIpc) is 2.31. The number of rotatable bonds is 4. The molecule has 4 aliphatic carbocycles. The molecule has 0 aromatic rings. The van der Waals surface area contributed by atoms with E-state index in [1.165, 1.54) is 32.1 Å². The van der Waals surface area contributed by atoms with Crippen molar-refractivity contribution in [2.45, 2.75) is 32.1 Å². The number of hydrogen-bond acceptors (Lipinski definition) is 1. The third-order valence-electron chi connectivity index (χ3n) is 4.72. The Morgan fingerprint density at radius 2 is 1.71 bits per heavy atom. The lowest BCUT2D eigenvalue weighted by Gasteiger charge is -2.50. The molecule has 92 valence electrons. The largest absolute Gasteiger partial charge is 0.373 e. The van der Waals surface area contributed by atoms with Crippen LogP contribution in [0.25, 0.3) is 0 Å². The van der Waals surface area contributed by atoms with E-state index >= 15 is 0 Å². The molecule has 4 aliphatic rings. The first-order valence-corrected chi connectivity index (χ1v) is 7.00. The molecule has 0 aromatic carbocycles. The van der Waals surface area contributed by atoms with Crippen molar-refractivity contribution in [2.75, 3.05) is 13.2 Å². The van der Waals surface area contributed by atoms with E-state index in [9.17, 15) is 0 Å². The van der Waals surface area contributed by atoms with Gasteiger partial charge in [-0.25, -0.2) is 0 Å². The fourth-order valence-corrected chi connectivity index (χ4v) is 4.30. The second kappa shape index (κ2) is 4.84. The molecule has 0 spiro atoms. The van der Waals surface area contributed by atoms with Gasteiger partial charge in [0.2, 0.25) is 0 Å². The van der Waals surface area contributed by atoms with E-state index in [0.29, 0.717) is 13.2 Å². The van der Waals surface area contributed by atoms with Crippen LogP contribution in [0.5, 0.6) is 0 Å². The first-order chi connectivity index (χ1) is 8.36. The molecule has 1 heteroatoms. The zero-order chi connectivity index (χ0) is 11.7. The summed E-state index contributed by atoms with van der Waals surface area (Å²) in [6.45, 7) is 4.97. The highest BCUT2D eigenvalue weighted by Crippen LogP contribution is 2.55. The molecule has 4 bridgehead atoms. The Bertz CT molecular complexity index is 330. The summed E-state index contributed by atoms with van der Waals surface area (Å²) in [6, 6.07) is 0. The topological polar surface area (TPSA) is 9.23 Å². The summed E-state index contributed by atoms with van der Waals surface area (Å²) in [5.74, 6) is 3.81. The lowest BCUT2D eigenvalue weighted by Crippen LogP contribution is -2.40. The van der Waals surface area contributed by atoms with E-state index in [1.54, 1.807) is 11.6 Å². The molecule has 0 atom stereocenters. The summed E-state index contributed by atoms with van der Waals surface area (Å²) in [4.78, 5) is 0. The molecule has 0 radical (unpaired) electrons. The van der Waals surface area contributed by atoms with E-state index < -0.39 is 0 Å². The van der Waals surface area contributed by atoms with E-state index in [-0.39, 0.29) is 0 Å². The summed E-state index contributed by atoms with van der Waals surface area (Å²) < 4.78 is 5.38. The van der Waals surface area contributed by atoms with Crippen LogP contribution < -0.4 is 0 Å². The minimum absolute atomic E-state index is 0.643. The summed E-state index contributed by atoms with van der Waals surface area (Å²) in [5, 5.41) is 0. The SMILES string of the molecule is C=CCOCC=C=C1C2CC3CC(C2)CC1C3. The minimum atomic E-state index is 0.643. The fraction of sp³-hybridized carbons (Fsp3) is 0.688. The van der Waals surface area contributed by atoms with Crippen molar-refractivity contribution < 1.29 is 4.74 Å². The van der Waals surface area contributed by atoms with Crippen LogP contribution in [0.1, 0.15) is 32.1 Å². The van der Waals surface area contributed by atoms with Crippen LogP contribution in [0.4, 0.5) is 0 Å².